The van der Waals surface area contributed by atoms with Crippen molar-refractivity contribution in [2.75, 3.05) is 19.6 Å². The molecule has 1 aliphatic heterocycles. The third-order valence-electron chi connectivity index (χ3n) is 4.93. The largest absolute Gasteiger partial charge is 0.311 e. The van der Waals surface area contributed by atoms with Gasteiger partial charge in [0.25, 0.3) is 0 Å². The Kier molecular flexibility index (Phi) is 3.91. The van der Waals surface area contributed by atoms with Crippen molar-refractivity contribution in [3.05, 3.63) is 0 Å². The summed E-state index contributed by atoms with van der Waals surface area (Å²) in [5.74, 6) is 2.58. The summed E-state index contributed by atoms with van der Waals surface area (Å²) < 4.78 is 0. The standard InChI is InChI=1S/C14H28N2/c1-10(2)13-9-16(8-7-15-13)14-6-5-11(3)12(14)4/h10-15H,5-9H2,1-4H3. The second-order valence-electron chi connectivity index (χ2n) is 6.28. The minimum atomic E-state index is 0.705. The van der Waals surface area contributed by atoms with Crippen LogP contribution >= 0.6 is 0 Å². The van der Waals surface area contributed by atoms with Gasteiger partial charge >= 0.3 is 0 Å². The molecular formula is C14H28N2. The molecule has 0 radical (unpaired) electrons. The Morgan fingerprint density at radius 2 is 1.94 bits per heavy atom. The third-order valence-corrected chi connectivity index (χ3v) is 4.93. The van der Waals surface area contributed by atoms with E-state index in [4.69, 9.17) is 0 Å². The summed E-state index contributed by atoms with van der Waals surface area (Å²) in [4.78, 5) is 2.76. The first kappa shape index (κ1) is 12.4. The molecule has 2 nitrogen and oxygen atoms in total. The van der Waals surface area contributed by atoms with Gasteiger partial charge in [0.05, 0.1) is 0 Å². The summed E-state index contributed by atoms with van der Waals surface area (Å²) in [6.45, 7) is 13.2. The topological polar surface area (TPSA) is 15.3 Å². The van der Waals surface area contributed by atoms with Crippen molar-refractivity contribution in [2.45, 2.75) is 52.6 Å². The van der Waals surface area contributed by atoms with Gasteiger partial charge in [-0.3, -0.25) is 4.90 Å². The zero-order chi connectivity index (χ0) is 11.7. The Bertz CT molecular complexity index is 227. The van der Waals surface area contributed by atoms with Gasteiger partial charge in [-0.2, -0.15) is 0 Å². The molecule has 4 atom stereocenters. The summed E-state index contributed by atoms with van der Waals surface area (Å²) in [6, 6.07) is 1.57. The average Bonchev–Trinajstić information content (AvgIpc) is 2.60. The van der Waals surface area contributed by atoms with Crippen LogP contribution in [0.2, 0.25) is 0 Å². The van der Waals surface area contributed by atoms with Gasteiger partial charge < -0.3 is 5.32 Å². The van der Waals surface area contributed by atoms with Crippen molar-refractivity contribution in [3.8, 4) is 0 Å². The van der Waals surface area contributed by atoms with Crippen molar-refractivity contribution >= 4 is 0 Å². The van der Waals surface area contributed by atoms with Crippen LogP contribution in [0.1, 0.15) is 40.5 Å². The van der Waals surface area contributed by atoms with Crippen LogP contribution in [0.15, 0.2) is 0 Å². The molecule has 0 amide bonds. The molecule has 94 valence electrons. The van der Waals surface area contributed by atoms with E-state index in [1.54, 1.807) is 0 Å². The van der Waals surface area contributed by atoms with Crippen molar-refractivity contribution in [2.24, 2.45) is 17.8 Å². The van der Waals surface area contributed by atoms with E-state index in [9.17, 15) is 0 Å². The molecule has 1 saturated heterocycles. The highest BCUT2D eigenvalue weighted by atomic mass is 15.2. The molecule has 0 bridgehead atoms. The van der Waals surface area contributed by atoms with E-state index < -0.39 is 0 Å². The maximum Gasteiger partial charge on any atom is 0.0218 e. The first-order valence-electron chi connectivity index (χ1n) is 7.07. The molecule has 1 heterocycles. The van der Waals surface area contributed by atoms with E-state index >= 15 is 0 Å². The van der Waals surface area contributed by atoms with Crippen LogP contribution in [0.3, 0.4) is 0 Å². The highest BCUT2D eigenvalue weighted by Crippen LogP contribution is 2.35. The number of nitrogens with one attached hydrogen (secondary N) is 1. The SMILES string of the molecule is CC(C)C1CN(C2CCC(C)C2C)CCN1. The molecule has 4 unspecified atom stereocenters. The second-order valence-corrected chi connectivity index (χ2v) is 6.28. The van der Waals surface area contributed by atoms with Crippen LogP contribution in [0, 0.1) is 17.8 Å². The molecule has 2 heteroatoms. The number of hydrogen-bond donors (Lipinski definition) is 1. The van der Waals surface area contributed by atoms with Gasteiger partial charge in [0.15, 0.2) is 0 Å². The first-order valence-corrected chi connectivity index (χ1v) is 7.07. The van der Waals surface area contributed by atoms with Crippen LogP contribution < -0.4 is 5.32 Å². The Labute approximate surface area is 101 Å². The quantitative estimate of drug-likeness (QED) is 0.774. The van der Waals surface area contributed by atoms with Crippen molar-refractivity contribution in [1.29, 1.82) is 0 Å². The number of rotatable bonds is 2. The van der Waals surface area contributed by atoms with E-state index in [0.29, 0.717) is 6.04 Å². The van der Waals surface area contributed by atoms with E-state index in [1.165, 1.54) is 32.5 Å². The lowest BCUT2D eigenvalue weighted by molar-refractivity contribution is 0.102. The van der Waals surface area contributed by atoms with Crippen LogP contribution in [0.4, 0.5) is 0 Å². The fourth-order valence-electron chi connectivity index (χ4n) is 3.40. The highest BCUT2D eigenvalue weighted by molar-refractivity contribution is 4.91. The van der Waals surface area contributed by atoms with Gasteiger partial charge in [0.2, 0.25) is 0 Å². The van der Waals surface area contributed by atoms with Crippen molar-refractivity contribution in [1.82, 2.24) is 10.2 Å². The Hall–Kier alpha value is -0.0800. The van der Waals surface area contributed by atoms with Crippen LogP contribution in [0.5, 0.6) is 0 Å². The summed E-state index contributed by atoms with van der Waals surface area (Å²) in [5, 5.41) is 3.66. The van der Waals surface area contributed by atoms with Crippen LogP contribution in [0.25, 0.3) is 0 Å². The fraction of sp³-hybridized carbons (Fsp3) is 1.00. The summed E-state index contributed by atoms with van der Waals surface area (Å²) in [5.41, 5.74) is 0. The zero-order valence-electron chi connectivity index (χ0n) is 11.4. The molecule has 0 aromatic rings. The van der Waals surface area contributed by atoms with Gasteiger partial charge in [-0.05, 0) is 30.6 Å². The number of hydrogen-bond acceptors (Lipinski definition) is 2. The molecule has 0 aromatic heterocycles. The van der Waals surface area contributed by atoms with Gasteiger partial charge in [-0.25, -0.2) is 0 Å². The normalized spacial score (nSPS) is 41.8. The zero-order valence-corrected chi connectivity index (χ0v) is 11.4. The number of piperazine rings is 1. The lowest BCUT2D eigenvalue weighted by atomic mass is 9.94. The van der Waals surface area contributed by atoms with Crippen molar-refractivity contribution < 1.29 is 0 Å². The monoisotopic (exact) mass is 224 g/mol. The number of nitrogens with zero attached hydrogens (tertiary/aromatic N) is 1. The Balaban J connectivity index is 1.94. The summed E-state index contributed by atoms with van der Waals surface area (Å²) >= 11 is 0. The molecule has 0 spiro atoms. The lowest BCUT2D eigenvalue weighted by Gasteiger charge is -2.41. The van der Waals surface area contributed by atoms with Gasteiger partial charge in [0.1, 0.15) is 0 Å². The molecule has 2 fully saturated rings. The van der Waals surface area contributed by atoms with Crippen LogP contribution in [-0.4, -0.2) is 36.6 Å². The van der Waals surface area contributed by atoms with E-state index in [-0.39, 0.29) is 0 Å². The Morgan fingerprint density at radius 3 is 2.50 bits per heavy atom. The average molecular weight is 224 g/mol. The Morgan fingerprint density at radius 1 is 1.19 bits per heavy atom. The maximum absolute atomic E-state index is 3.66. The summed E-state index contributed by atoms with van der Waals surface area (Å²) in [7, 11) is 0. The van der Waals surface area contributed by atoms with Gasteiger partial charge in [-0.1, -0.05) is 27.7 Å². The van der Waals surface area contributed by atoms with Crippen LogP contribution in [-0.2, 0) is 0 Å². The second kappa shape index (κ2) is 5.05. The molecule has 2 rings (SSSR count). The predicted octanol–water partition coefficient (Wildman–Crippen LogP) is 2.35. The van der Waals surface area contributed by atoms with Gasteiger partial charge in [0, 0.05) is 31.7 Å². The molecule has 2 aliphatic rings. The molecule has 1 aliphatic carbocycles. The fourth-order valence-corrected chi connectivity index (χ4v) is 3.40. The molecule has 16 heavy (non-hydrogen) atoms. The maximum atomic E-state index is 3.66. The van der Waals surface area contributed by atoms with E-state index in [2.05, 4.69) is 37.9 Å². The van der Waals surface area contributed by atoms with E-state index in [1.807, 2.05) is 0 Å². The van der Waals surface area contributed by atoms with Gasteiger partial charge in [-0.15, -0.1) is 0 Å². The minimum absolute atomic E-state index is 0.705. The highest BCUT2D eigenvalue weighted by Gasteiger charge is 2.36. The minimum Gasteiger partial charge on any atom is -0.311 e. The summed E-state index contributed by atoms with van der Waals surface area (Å²) in [6.07, 6.45) is 2.86. The predicted molar refractivity (Wildman–Crippen MR) is 69.6 cm³/mol. The van der Waals surface area contributed by atoms with E-state index in [0.717, 1.165) is 23.8 Å². The lowest BCUT2D eigenvalue weighted by Crippen LogP contribution is -2.56. The smallest absolute Gasteiger partial charge is 0.0218 e. The molecule has 0 aromatic carbocycles. The third kappa shape index (κ3) is 2.43. The molecule has 1 N–H and O–H groups in total. The molecule has 1 saturated carbocycles. The molecular weight excluding hydrogens is 196 g/mol. The first-order chi connectivity index (χ1) is 7.59. The van der Waals surface area contributed by atoms with Crippen molar-refractivity contribution in [3.63, 3.8) is 0 Å².